The Hall–Kier alpha value is -1.69. The number of thiazole rings is 1. The van der Waals surface area contributed by atoms with Crippen molar-refractivity contribution < 1.29 is 4.79 Å². The first-order valence-corrected chi connectivity index (χ1v) is 6.29. The van der Waals surface area contributed by atoms with Gasteiger partial charge in [-0.2, -0.15) is 0 Å². The minimum absolute atomic E-state index is 0.0318. The van der Waals surface area contributed by atoms with Crippen LogP contribution in [0.4, 0.5) is 0 Å². The van der Waals surface area contributed by atoms with E-state index in [4.69, 9.17) is 0 Å². The van der Waals surface area contributed by atoms with Crippen molar-refractivity contribution in [3.05, 3.63) is 34.8 Å². The molecule has 17 heavy (non-hydrogen) atoms. The Kier molecular flexibility index (Phi) is 3.87. The predicted molar refractivity (Wildman–Crippen MR) is 66.0 cm³/mol. The summed E-state index contributed by atoms with van der Waals surface area (Å²) in [6.45, 7) is 3.37. The van der Waals surface area contributed by atoms with Crippen molar-refractivity contribution >= 4 is 17.2 Å². The van der Waals surface area contributed by atoms with Gasteiger partial charge in [0, 0.05) is 25.5 Å². The highest BCUT2D eigenvalue weighted by atomic mass is 32.1. The summed E-state index contributed by atoms with van der Waals surface area (Å²) in [5.41, 5.74) is 2.48. The molecule has 0 spiro atoms. The van der Waals surface area contributed by atoms with Crippen LogP contribution in [0.1, 0.15) is 21.8 Å². The van der Waals surface area contributed by atoms with Gasteiger partial charge in [0.15, 0.2) is 0 Å². The topological polar surface area (TPSA) is 59.8 Å². The van der Waals surface area contributed by atoms with Crippen LogP contribution in [0.2, 0.25) is 0 Å². The van der Waals surface area contributed by atoms with E-state index in [-0.39, 0.29) is 5.91 Å². The normalized spacial score (nSPS) is 10.4. The van der Waals surface area contributed by atoms with Gasteiger partial charge >= 0.3 is 0 Å². The molecule has 0 aliphatic rings. The van der Waals surface area contributed by atoms with Crippen LogP contribution < -0.4 is 5.32 Å². The predicted octanol–water partition coefficient (Wildman–Crippen LogP) is 1.47. The monoisotopic (exact) mass is 250 g/mol. The van der Waals surface area contributed by atoms with Crippen LogP contribution in [0, 0.1) is 6.92 Å². The summed E-state index contributed by atoms with van der Waals surface area (Å²) in [4.78, 5) is 20.4. The molecule has 2 aromatic rings. The maximum absolute atomic E-state index is 11.7. The number of carbonyl (C=O) groups is 1. The average Bonchev–Trinajstić information content (AvgIpc) is 2.95. The molecule has 1 amide bonds. The molecule has 0 bridgehead atoms. The van der Waals surface area contributed by atoms with E-state index in [2.05, 4.69) is 15.3 Å². The molecule has 0 saturated heterocycles. The maximum atomic E-state index is 11.7. The molecule has 6 heteroatoms. The molecular formula is C11H14N4OS. The number of rotatable bonds is 5. The highest BCUT2D eigenvalue weighted by molar-refractivity contribution is 7.11. The van der Waals surface area contributed by atoms with Gasteiger partial charge in [0.05, 0.1) is 17.5 Å². The van der Waals surface area contributed by atoms with E-state index in [1.54, 1.807) is 18.0 Å². The summed E-state index contributed by atoms with van der Waals surface area (Å²) in [5, 5.41) is 2.89. The Balaban J connectivity index is 1.72. The molecule has 2 aromatic heterocycles. The fourth-order valence-corrected chi connectivity index (χ4v) is 2.20. The largest absolute Gasteiger partial charge is 0.351 e. The number of nitrogens with one attached hydrogen (secondary N) is 1. The van der Waals surface area contributed by atoms with Gasteiger partial charge in [-0.1, -0.05) is 0 Å². The zero-order valence-electron chi connectivity index (χ0n) is 9.59. The van der Waals surface area contributed by atoms with Crippen molar-refractivity contribution in [2.24, 2.45) is 0 Å². The molecule has 0 fully saturated rings. The Morgan fingerprint density at radius 3 is 3.12 bits per heavy atom. The summed E-state index contributed by atoms with van der Waals surface area (Å²) in [7, 11) is 0. The van der Waals surface area contributed by atoms with Crippen LogP contribution in [0.25, 0.3) is 0 Å². The second kappa shape index (κ2) is 5.58. The third kappa shape index (κ3) is 3.13. The van der Waals surface area contributed by atoms with Crippen LogP contribution in [0.15, 0.2) is 24.2 Å². The average molecular weight is 250 g/mol. The molecule has 0 aliphatic heterocycles. The molecule has 90 valence electrons. The SMILES string of the molecule is Cc1ncsc1C(=O)NCCCn1ccnc1. The Bertz CT molecular complexity index is 477. The number of carbonyl (C=O) groups excluding carboxylic acids is 1. The van der Waals surface area contributed by atoms with Crippen molar-refractivity contribution in [2.45, 2.75) is 19.9 Å². The van der Waals surface area contributed by atoms with E-state index >= 15 is 0 Å². The molecule has 2 rings (SSSR count). The number of aryl methyl sites for hydroxylation is 2. The van der Waals surface area contributed by atoms with Gasteiger partial charge in [-0.15, -0.1) is 11.3 Å². The Morgan fingerprint density at radius 2 is 2.47 bits per heavy atom. The maximum Gasteiger partial charge on any atom is 0.263 e. The lowest BCUT2D eigenvalue weighted by molar-refractivity contribution is 0.0956. The molecule has 0 atom stereocenters. The van der Waals surface area contributed by atoms with E-state index < -0.39 is 0 Å². The van der Waals surface area contributed by atoms with E-state index in [0.29, 0.717) is 11.4 Å². The van der Waals surface area contributed by atoms with Crippen LogP contribution in [0.5, 0.6) is 0 Å². The fourth-order valence-electron chi connectivity index (χ4n) is 1.48. The molecule has 0 aromatic carbocycles. The molecular weight excluding hydrogens is 236 g/mol. The lowest BCUT2D eigenvalue weighted by Crippen LogP contribution is -2.25. The highest BCUT2D eigenvalue weighted by Gasteiger charge is 2.10. The summed E-state index contributed by atoms with van der Waals surface area (Å²) >= 11 is 1.38. The molecule has 2 heterocycles. The number of aromatic nitrogens is 3. The molecule has 0 radical (unpaired) electrons. The number of hydrogen-bond acceptors (Lipinski definition) is 4. The third-order valence-electron chi connectivity index (χ3n) is 2.39. The number of imidazole rings is 1. The van der Waals surface area contributed by atoms with Crippen LogP contribution in [-0.4, -0.2) is 27.0 Å². The van der Waals surface area contributed by atoms with E-state index in [0.717, 1.165) is 18.7 Å². The second-order valence-corrected chi connectivity index (χ2v) is 4.53. The van der Waals surface area contributed by atoms with E-state index in [9.17, 15) is 4.79 Å². The smallest absolute Gasteiger partial charge is 0.263 e. The summed E-state index contributed by atoms with van der Waals surface area (Å²) in [6.07, 6.45) is 6.32. The van der Waals surface area contributed by atoms with Gasteiger partial charge in [-0.05, 0) is 13.3 Å². The minimum Gasteiger partial charge on any atom is -0.351 e. The Morgan fingerprint density at radius 1 is 1.59 bits per heavy atom. The quantitative estimate of drug-likeness (QED) is 0.817. The van der Waals surface area contributed by atoms with Gasteiger partial charge in [0.1, 0.15) is 4.88 Å². The highest BCUT2D eigenvalue weighted by Crippen LogP contribution is 2.11. The second-order valence-electron chi connectivity index (χ2n) is 3.68. The summed E-state index contributed by atoms with van der Waals surface area (Å²) in [5.74, 6) is -0.0318. The van der Waals surface area contributed by atoms with Crippen LogP contribution >= 0.6 is 11.3 Å². The third-order valence-corrected chi connectivity index (χ3v) is 3.32. The summed E-state index contributed by atoms with van der Waals surface area (Å²) in [6, 6.07) is 0. The number of hydrogen-bond donors (Lipinski definition) is 1. The first-order valence-electron chi connectivity index (χ1n) is 5.41. The van der Waals surface area contributed by atoms with Gasteiger partial charge in [0.25, 0.3) is 5.91 Å². The van der Waals surface area contributed by atoms with Gasteiger partial charge < -0.3 is 9.88 Å². The van der Waals surface area contributed by atoms with Crippen molar-refractivity contribution in [1.29, 1.82) is 0 Å². The van der Waals surface area contributed by atoms with Crippen molar-refractivity contribution in [1.82, 2.24) is 19.9 Å². The van der Waals surface area contributed by atoms with Crippen LogP contribution in [0.3, 0.4) is 0 Å². The van der Waals surface area contributed by atoms with Gasteiger partial charge in [-0.25, -0.2) is 9.97 Å². The first-order chi connectivity index (χ1) is 8.27. The van der Waals surface area contributed by atoms with Gasteiger partial charge in [0.2, 0.25) is 0 Å². The van der Waals surface area contributed by atoms with E-state index in [1.807, 2.05) is 17.7 Å². The molecule has 0 saturated carbocycles. The molecule has 0 unspecified atom stereocenters. The lowest BCUT2D eigenvalue weighted by atomic mass is 10.3. The zero-order chi connectivity index (χ0) is 12.1. The van der Waals surface area contributed by atoms with Crippen molar-refractivity contribution in [3.63, 3.8) is 0 Å². The summed E-state index contributed by atoms with van der Waals surface area (Å²) < 4.78 is 1.99. The fraction of sp³-hybridized carbons (Fsp3) is 0.364. The zero-order valence-corrected chi connectivity index (χ0v) is 10.4. The Labute approximate surface area is 104 Å². The van der Waals surface area contributed by atoms with Crippen molar-refractivity contribution in [3.8, 4) is 0 Å². The minimum atomic E-state index is -0.0318. The lowest BCUT2D eigenvalue weighted by Gasteiger charge is -2.04. The van der Waals surface area contributed by atoms with Crippen LogP contribution in [-0.2, 0) is 6.54 Å². The first kappa shape index (κ1) is 11.8. The van der Waals surface area contributed by atoms with Crippen molar-refractivity contribution in [2.75, 3.05) is 6.54 Å². The molecule has 5 nitrogen and oxygen atoms in total. The van der Waals surface area contributed by atoms with Gasteiger partial charge in [-0.3, -0.25) is 4.79 Å². The standard InChI is InChI=1S/C11H14N4OS/c1-9-10(17-8-14-9)11(16)13-3-2-5-15-6-4-12-7-15/h4,6-8H,2-3,5H2,1H3,(H,13,16). The molecule has 0 aliphatic carbocycles. The number of nitrogens with zero attached hydrogens (tertiary/aromatic N) is 3. The molecule has 1 N–H and O–H groups in total. The van der Waals surface area contributed by atoms with E-state index in [1.165, 1.54) is 11.3 Å². The number of amides is 1.